The average molecular weight is 352 g/mol. The van der Waals surface area contributed by atoms with Gasteiger partial charge in [0, 0.05) is 13.1 Å². The first-order chi connectivity index (χ1) is 11.9. The molecule has 1 N–H and O–H groups in total. The lowest BCUT2D eigenvalue weighted by atomic mass is 10.2. The van der Waals surface area contributed by atoms with Crippen LogP contribution in [0.1, 0.15) is 11.1 Å². The van der Waals surface area contributed by atoms with Gasteiger partial charge in [0.25, 0.3) is 0 Å². The van der Waals surface area contributed by atoms with E-state index in [1.165, 1.54) is 24.3 Å². The fourth-order valence-electron chi connectivity index (χ4n) is 2.29. The number of ether oxygens (including phenoxy) is 1. The van der Waals surface area contributed by atoms with Crippen molar-refractivity contribution in [2.45, 2.75) is 19.7 Å². The molecule has 0 unspecified atom stereocenters. The van der Waals surface area contributed by atoms with E-state index < -0.39 is 6.61 Å². The molecule has 0 saturated heterocycles. The highest BCUT2D eigenvalue weighted by Gasteiger charge is 2.08. The number of carbonyl (C=O) groups excluding carboxylic acids is 1. The molecule has 0 atom stereocenters. The highest BCUT2D eigenvalue weighted by atomic mass is 19.3. The SMILES string of the molecule is CN(CC(=O)NCc1ccc(OC(F)F)cc1)Cc1cccc(F)c1. The highest BCUT2D eigenvalue weighted by Crippen LogP contribution is 2.14. The molecule has 0 aliphatic rings. The van der Waals surface area contributed by atoms with Crippen molar-refractivity contribution in [3.63, 3.8) is 0 Å². The van der Waals surface area contributed by atoms with Crippen LogP contribution in [0.4, 0.5) is 13.2 Å². The standard InChI is InChI=1S/C18H19F3N2O2/c1-23(11-14-3-2-4-15(19)9-14)12-17(24)22-10-13-5-7-16(8-6-13)25-18(20)21/h2-9,18H,10-12H2,1H3,(H,22,24). The fraction of sp³-hybridized carbons (Fsp3) is 0.278. The maximum atomic E-state index is 13.1. The Bertz CT molecular complexity index is 693. The van der Waals surface area contributed by atoms with E-state index in [9.17, 15) is 18.0 Å². The van der Waals surface area contributed by atoms with E-state index in [0.717, 1.165) is 11.1 Å². The van der Waals surface area contributed by atoms with Crippen LogP contribution >= 0.6 is 0 Å². The molecule has 7 heteroatoms. The van der Waals surface area contributed by atoms with E-state index in [1.54, 1.807) is 36.2 Å². The summed E-state index contributed by atoms with van der Waals surface area (Å²) in [6.45, 7) is -1.98. The number of alkyl halides is 2. The number of amides is 1. The van der Waals surface area contributed by atoms with Crippen LogP contribution in [-0.2, 0) is 17.9 Å². The third-order valence-corrected chi connectivity index (χ3v) is 3.39. The molecule has 134 valence electrons. The van der Waals surface area contributed by atoms with Crippen molar-refractivity contribution in [2.75, 3.05) is 13.6 Å². The molecule has 0 heterocycles. The molecule has 0 aliphatic carbocycles. The number of likely N-dealkylation sites (N-methyl/N-ethyl adjacent to an activating group) is 1. The molecule has 25 heavy (non-hydrogen) atoms. The molecule has 0 saturated carbocycles. The molecule has 0 aliphatic heterocycles. The van der Waals surface area contributed by atoms with E-state index in [1.807, 2.05) is 0 Å². The fourth-order valence-corrected chi connectivity index (χ4v) is 2.29. The molecule has 4 nitrogen and oxygen atoms in total. The van der Waals surface area contributed by atoms with Gasteiger partial charge in [-0.05, 0) is 42.4 Å². The summed E-state index contributed by atoms with van der Waals surface area (Å²) < 4.78 is 41.5. The van der Waals surface area contributed by atoms with E-state index in [-0.39, 0.29) is 30.6 Å². The third-order valence-electron chi connectivity index (χ3n) is 3.39. The van der Waals surface area contributed by atoms with Crippen LogP contribution in [0.5, 0.6) is 5.75 Å². The van der Waals surface area contributed by atoms with Crippen LogP contribution < -0.4 is 10.1 Å². The van der Waals surface area contributed by atoms with Crippen LogP contribution in [0.25, 0.3) is 0 Å². The number of hydrogen-bond acceptors (Lipinski definition) is 3. The Labute approximate surface area is 144 Å². The second-order valence-electron chi connectivity index (χ2n) is 5.60. The topological polar surface area (TPSA) is 41.6 Å². The first kappa shape index (κ1) is 18.8. The molecule has 1 amide bonds. The summed E-state index contributed by atoms with van der Waals surface area (Å²) in [5, 5.41) is 2.74. The maximum absolute atomic E-state index is 13.1. The van der Waals surface area contributed by atoms with Gasteiger partial charge in [0.15, 0.2) is 0 Å². The lowest BCUT2D eigenvalue weighted by Gasteiger charge is -2.16. The van der Waals surface area contributed by atoms with Crippen molar-refractivity contribution in [3.8, 4) is 5.75 Å². The van der Waals surface area contributed by atoms with Gasteiger partial charge in [-0.15, -0.1) is 0 Å². The second kappa shape index (κ2) is 9.08. The second-order valence-corrected chi connectivity index (χ2v) is 5.60. The minimum atomic E-state index is -2.86. The zero-order valence-electron chi connectivity index (χ0n) is 13.7. The lowest BCUT2D eigenvalue weighted by molar-refractivity contribution is -0.122. The van der Waals surface area contributed by atoms with Crippen molar-refractivity contribution >= 4 is 5.91 Å². The Morgan fingerprint density at radius 3 is 2.52 bits per heavy atom. The van der Waals surface area contributed by atoms with Crippen LogP contribution in [0, 0.1) is 5.82 Å². The van der Waals surface area contributed by atoms with Gasteiger partial charge in [-0.3, -0.25) is 9.69 Å². The van der Waals surface area contributed by atoms with Gasteiger partial charge < -0.3 is 10.1 Å². The number of carbonyl (C=O) groups is 1. The predicted octanol–water partition coefficient (Wildman–Crippen LogP) is 3.18. The minimum absolute atomic E-state index is 0.0694. The number of nitrogens with one attached hydrogen (secondary N) is 1. The Hall–Kier alpha value is -2.54. The Morgan fingerprint density at radius 2 is 1.88 bits per heavy atom. The van der Waals surface area contributed by atoms with Crippen LogP contribution in [-0.4, -0.2) is 31.0 Å². The van der Waals surface area contributed by atoms with Gasteiger partial charge in [0.1, 0.15) is 11.6 Å². The number of benzene rings is 2. The number of nitrogens with zero attached hydrogens (tertiary/aromatic N) is 1. The van der Waals surface area contributed by atoms with Crippen molar-refractivity contribution in [1.82, 2.24) is 10.2 Å². The van der Waals surface area contributed by atoms with Gasteiger partial charge in [-0.2, -0.15) is 8.78 Å². The van der Waals surface area contributed by atoms with Gasteiger partial charge in [-0.25, -0.2) is 4.39 Å². The van der Waals surface area contributed by atoms with Gasteiger partial charge in [-0.1, -0.05) is 24.3 Å². The summed E-state index contributed by atoms with van der Waals surface area (Å²) in [6.07, 6.45) is 0. The van der Waals surface area contributed by atoms with Gasteiger partial charge >= 0.3 is 6.61 Å². The normalized spacial score (nSPS) is 11.0. The predicted molar refractivity (Wildman–Crippen MR) is 87.7 cm³/mol. The molecular formula is C18H19F3N2O2. The van der Waals surface area contributed by atoms with Crippen LogP contribution in [0.3, 0.4) is 0 Å². The quantitative estimate of drug-likeness (QED) is 0.793. The van der Waals surface area contributed by atoms with E-state index in [0.29, 0.717) is 6.54 Å². The van der Waals surface area contributed by atoms with Gasteiger partial charge in [0.05, 0.1) is 6.54 Å². The minimum Gasteiger partial charge on any atom is -0.435 e. The summed E-state index contributed by atoms with van der Waals surface area (Å²) in [4.78, 5) is 13.7. The summed E-state index contributed by atoms with van der Waals surface area (Å²) in [5.74, 6) is -0.429. The Kier molecular flexibility index (Phi) is 6.82. The molecule has 0 radical (unpaired) electrons. The molecule has 0 fully saturated rings. The van der Waals surface area contributed by atoms with E-state index in [2.05, 4.69) is 10.1 Å². The molecule has 2 aromatic rings. The Morgan fingerprint density at radius 1 is 1.16 bits per heavy atom. The van der Waals surface area contributed by atoms with Crippen LogP contribution in [0.2, 0.25) is 0 Å². The van der Waals surface area contributed by atoms with E-state index >= 15 is 0 Å². The molecule has 0 bridgehead atoms. The summed E-state index contributed by atoms with van der Waals surface area (Å²) in [5.41, 5.74) is 1.55. The summed E-state index contributed by atoms with van der Waals surface area (Å²) in [6, 6.07) is 12.3. The van der Waals surface area contributed by atoms with Crippen molar-refractivity contribution in [2.24, 2.45) is 0 Å². The average Bonchev–Trinajstić information content (AvgIpc) is 2.53. The molecule has 0 spiro atoms. The number of halogens is 3. The first-order valence-corrected chi connectivity index (χ1v) is 7.66. The summed E-state index contributed by atoms with van der Waals surface area (Å²) in [7, 11) is 1.76. The Balaban J connectivity index is 1.76. The molecule has 2 aromatic carbocycles. The summed E-state index contributed by atoms with van der Waals surface area (Å²) >= 11 is 0. The van der Waals surface area contributed by atoms with Crippen molar-refractivity contribution in [3.05, 3.63) is 65.5 Å². The zero-order valence-corrected chi connectivity index (χ0v) is 13.7. The first-order valence-electron chi connectivity index (χ1n) is 7.66. The van der Waals surface area contributed by atoms with E-state index in [4.69, 9.17) is 0 Å². The monoisotopic (exact) mass is 352 g/mol. The third kappa shape index (κ3) is 6.84. The lowest BCUT2D eigenvalue weighted by Crippen LogP contribution is -2.34. The number of hydrogen-bond donors (Lipinski definition) is 1. The molecular weight excluding hydrogens is 333 g/mol. The maximum Gasteiger partial charge on any atom is 0.387 e. The van der Waals surface area contributed by atoms with Crippen molar-refractivity contribution in [1.29, 1.82) is 0 Å². The zero-order chi connectivity index (χ0) is 18.2. The molecule has 2 rings (SSSR count). The smallest absolute Gasteiger partial charge is 0.387 e. The molecule has 0 aromatic heterocycles. The highest BCUT2D eigenvalue weighted by molar-refractivity contribution is 5.77. The van der Waals surface area contributed by atoms with Crippen LogP contribution in [0.15, 0.2) is 48.5 Å². The van der Waals surface area contributed by atoms with Gasteiger partial charge in [0.2, 0.25) is 5.91 Å². The van der Waals surface area contributed by atoms with Crippen molar-refractivity contribution < 1.29 is 22.7 Å². The number of rotatable bonds is 8. The largest absolute Gasteiger partial charge is 0.435 e.